The molecular weight excluding hydrogens is 374 g/mol. The molecule has 0 saturated carbocycles. The first-order valence-corrected chi connectivity index (χ1v) is 9.22. The molecule has 1 amide bonds. The fourth-order valence-corrected chi connectivity index (χ4v) is 3.15. The average Bonchev–Trinajstić information content (AvgIpc) is 2.33. The van der Waals surface area contributed by atoms with Crippen molar-refractivity contribution in [2.75, 3.05) is 12.9 Å². The lowest BCUT2D eigenvalue weighted by Gasteiger charge is -2.23. The molecule has 124 valence electrons. The molecule has 0 bridgehead atoms. The maximum absolute atomic E-state index is 11.8. The first-order chi connectivity index (χ1) is 9.94. The highest BCUT2D eigenvalue weighted by Gasteiger charge is 2.22. The number of carbonyl (C=O) groups is 1. The van der Waals surface area contributed by atoms with Gasteiger partial charge in [0.25, 0.3) is 0 Å². The molecule has 0 saturated heterocycles. The Hall–Kier alpha value is -1.12. The molecule has 0 unspecified atom stereocenters. The molecule has 6 nitrogen and oxygen atoms in total. The number of alkyl carbamates (subject to hydrolysis) is 1. The van der Waals surface area contributed by atoms with Gasteiger partial charge in [-0.25, -0.2) is 13.2 Å². The number of sulfone groups is 1. The van der Waals surface area contributed by atoms with Gasteiger partial charge < -0.3 is 15.2 Å². The van der Waals surface area contributed by atoms with Crippen LogP contribution in [-0.4, -0.2) is 38.1 Å². The Morgan fingerprint density at radius 2 is 2.00 bits per heavy atom. The van der Waals surface area contributed by atoms with Crippen LogP contribution in [-0.2, 0) is 14.6 Å². The predicted octanol–water partition coefficient (Wildman–Crippen LogP) is 2.41. The van der Waals surface area contributed by atoms with Crippen LogP contribution in [0.1, 0.15) is 32.4 Å². The van der Waals surface area contributed by atoms with E-state index in [1.54, 1.807) is 26.8 Å². The van der Waals surface area contributed by atoms with E-state index in [-0.39, 0.29) is 11.5 Å². The average molecular weight is 394 g/mol. The summed E-state index contributed by atoms with van der Waals surface area (Å²) in [6.45, 7) is 4.85. The molecule has 1 atom stereocenters. The summed E-state index contributed by atoms with van der Waals surface area (Å²) in [4.78, 5) is 11.9. The van der Waals surface area contributed by atoms with E-state index in [9.17, 15) is 18.3 Å². The summed E-state index contributed by atoms with van der Waals surface area (Å²) in [6.07, 6.45) is 0.447. The van der Waals surface area contributed by atoms with Gasteiger partial charge in [-0.15, -0.1) is 0 Å². The van der Waals surface area contributed by atoms with Crippen molar-refractivity contribution in [3.63, 3.8) is 0 Å². The number of amides is 1. The van der Waals surface area contributed by atoms with E-state index >= 15 is 0 Å². The fraction of sp³-hybridized carbons (Fsp3) is 0.500. The molecule has 0 aromatic heterocycles. The van der Waals surface area contributed by atoms with E-state index in [4.69, 9.17) is 4.74 Å². The molecule has 0 aliphatic heterocycles. The minimum absolute atomic E-state index is 0.150. The van der Waals surface area contributed by atoms with Crippen LogP contribution < -0.4 is 5.32 Å². The highest BCUT2D eigenvalue weighted by Crippen LogP contribution is 2.26. The van der Waals surface area contributed by atoms with Crippen LogP contribution in [0.15, 0.2) is 27.6 Å². The summed E-state index contributed by atoms with van der Waals surface area (Å²) in [5, 5.41) is 12.0. The third kappa shape index (κ3) is 5.58. The number of hydrogen-bond donors (Lipinski definition) is 2. The van der Waals surface area contributed by atoms with Gasteiger partial charge >= 0.3 is 6.09 Å². The topological polar surface area (TPSA) is 92.7 Å². The van der Waals surface area contributed by atoms with Crippen molar-refractivity contribution in [3.05, 3.63) is 28.2 Å². The molecule has 0 aliphatic rings. The molecule has 1 rings (SSSR count). The van der Waals surface area contributed by atoms with Crippen molar-refractivity contribution in [3.8, 4) is 0 Å². The van der Waals surface area contributed by atoms with Gasteiger partial charge in [0.05, 0.1) is 17.5 Å². The number of benzene rings is 1. The zero-order valence-electron chi connectivity index (χ0n) is 12.9. The third-order valence-corrected chi connectivity index (χ3v) is 4.45. The lowest BCUT2D eigenvalue weighted by atomic mass is 10.1. The zero-order valence-corrected chi connectivity index (χ0v) is 15.3. The summed E-state index contributed by atoms with van der Waals surface area (Å²) >= 11 is 3.26. The Morgan fingerprint density at radius 3 is 2.41 bits per heavy atom. The number of ether oxygens (including phenoxy) is 1. The summed E-state index contributed by atoms with van der Waals surface area (Å²) in [5.74, 6) is 0. The number of carbonyl (C=O) groups excluding carboxylic acids is 1. The Bertz CT molecular complexity index is 652. The highest BCUT2D eigenvalue weighted by atomic mass is 79.9. The van der Waals surface area contributed by atoms with Crippen molar-refractivity contribution >= 4 is 31.9 Å². The molecule has 2 N–H and O–H groups in total. The Kier molecular flexibility index (Phi) is 6.00. The van der Waals surface area contributed by atoms with Gasteiger partial charge in [-0.1, -0.05) is 22.0 Å². The zero-order chi connectivity index (χ0) is 17.1. The summed E-state index contributed by atoms with van der Waals surface area (Å²) in [6, 6.07) is 3.69. The normalized spacial score (nSPS) is 13.5. The van der Waals surface area contributed by atoms with Crippen LogP contribution in [0.3, 0.4) is 0 Å². The van der Waals surface area contributed by atoms with Crippen molar-refractivity contribution in [2.45, 2.75) is 37.3 Å². The van der Waals surface area contributed by atoms with Crippen LogP contribution in [0.5, 0.6) is 0 Å². The van der Waals surface area contributed by atoms with Gasteiger partial charge in [0.1, 0.15) is 5.60 Å². The Balaban J connectivity index is 2.99. The first kappa shape index (κ1) is 18.9. The van der Waals surface area contributed by atoms with Crippen LogP contribution in [0, 0.1) is 0 Å². The highest BCUT2D eigenvalue weighted by molar-refractivity contribution is 9.10. The number of aliphatic hydroxyl groups excluding tert-OH is 1. The summed E-state index contributed by atoms with van der Waals surface area (Å²) in [5.41, 5.74) is -0.0951. The number of hydrogen-bond acceptors (Lipinski definition) is 5. The van der Waals surface area contributed by atoms with Gasteiger partial charge in [0.15, 0.2) is 9.84 Å². The van der Waals surface area contributed by atoms with Crippen LogP contribution >= 0.6 is 15.9 Å². The van der Waals surface area contributed by atoms with Crippen molar-refractivity contribution in [1.82, 2.24) is 5.32 Å². The Labute approximate surface area is 138 Å². The van der Waals surface area contributed by atoms with Gasteiger partial charge in [-0.05, 0) is 38.5 Å². The number of aliphatic hydroxyl groups is 1. The molecule has 0 radical (unpaired) electrons. The molecule has 0 fully saturated rings. The van der Waals surface area contributed by atoms with Crippen LogP contribution in [0.25, 0.3) is 0 Å². The SMILES string of the molecule is CC(C)(C)OC(=O)N[C@H](CO)c1ccc(S(C)(=O)=O)cc1Br. The molecule has 0 heterocycles. The van der Waals surface area contributed by atoms with E-state index < -0.39 is 27.6 Å². The molecule has 1 aromatic rings. The summed E-state index contributed by atoms with van der Waals surface area (Å²) in [7, 11) is -3.33. The van der Waals surface area contributed by atoms with E-state index in [2.05, 4.69) is 21.2 Å². The maximum atomic E-state index is 11.8. The second-order valence-corrected chi connectivity index (χ2v) is 8.71. The smallest absolute Gasteiger partial charge is 0.408 e. The quantitative estimate of drug-likeness (QED) is 0.818. The first-order valence-electron chi connectivity index (χ1n) is 6.54. The van der Waals surface area contributed by atoms with E-state index in [1.165, 1.54) is 12.1 Å². The monoisotopic (exact) mass is 393 g/mol. The van der Waals surface area contributed by atoms with Gasteiger partial charge in [-0.3, -0.25) is 0 Å². The summed E-state index contributed by atoms with van der Waals surface area (Å²) < 4.78 is 28.6. The van der Waals surface area contributed by atoms with E-state index in [1.807, 2.05) is 0 Å². The lowest BCUT2D eigenvalue weighted by Crippen LogP contribution is -2.36. The standard InChI is InChI=1S/C14H20BrNO5S/c1-14(2,3)21-13(18)16-12(8-17)10-6-5-9(7-11(10)15)22(4,19)20/h5-7,12,17H,8H2,1-4H3,(H,16,18)/t12-/m1/s1. The second kappa shape index (κ2) is 6.97. The van der Waals surface area contributed by atoms with Gasteiger partial charge in [0.2, 0.25) is 0 Å². The minimum Gasteiger partial charge on any atom is -0.444 e. The number of nitrogens with one attached hydrogen (secondary N) is 1. The van der Waals surface area contributed by atoms with Gasteiger partial charge in [0, 0.05) is 10.7 Å². The maximum Gasteiger partial charge on any atom is 0.408 e. The lowest BCUT2D eigenvalue weighted by molar-refractivity contribution is 0.0481. The van der Waals surface area contributed by atoms with Crippen LogP contribution in [0.2, 0.25) is 0 Å². The molecule has 0 aliphatic carbocycles. The Morgan fingerprint density at radius 1 is 1.41 bits per heavy atom. The molecule has 8 heteroatoms. The molecular formula is C14H20BrNO5S. The van der Waals surface area contributed by atoms with Gasteiger partial charge in [-0.2, -0.15) is 0 Å². The second-order valence-electron chi connectivity index (χ2n) is 5.84. The predicted molar refractivity (Wildman–Crippen MR) is 86.4 cm³/mol. The van der Waals surface area contributed by atoms with Crippen molar-refractivity contribution < 1.29 is 23.1 Å². The number of rotatable bonds is 4. The van der Waals surface area contributed by atoms with Crippen LogP contribution in [0.4, 0.5) is 4.79 Å². The fourth-order valence-electron chi connectivity index (χ4n) is 1.69. The van der Waals surface area contributed by atoms with E-state index in [0.717, 1.165) is 6.26 Å². The van der Waals surface area contributed by atoms with E-state index in [0.29, 0.717) is 10.0 Å². The third-order valence-electron chi connectivity index (χ3n) is 2.65. The largest absolute Gasteiger partial charge is 0.444 e. The molecule has 22 heavy (non-hydrogen) atoms. The number of halogens is 1. The molecule has 0 spiro atoms. The van der Waals surface area contributed by atoms with Crippen molar-refractivity contribution in [1.29, 1.82) is 0 Å². The molecule has 1 aromatic carbocycles. The minimum atomic E-state index is -3.33. The van der Waals surface area contributed by atoms with Crippen molar-refractivity contribution in [2.24, 2.45) is 0 Å².